The smallest absolute Gasteiger partial charge is 0.192 e. The Bertz CT molecular complexity index is 467. The highest BCUT2D eigenvalue weighted by atomic mass is 35.5. The van der Waals surface area contributed by atoms with Crippen molar-refractivity contribution < 1.29 is 26.4 Å². The molecule has 1 unspecified atom stereocenters. The number of ketones is 1. The van der Waals surface area contributed by atoms with E-state index in [-0.39, 0.29) is 18.4 Å². The Kier molecular flexibility index (Phi) is 30.5. The van der Waals surface area contributed by atoms with Gasteiger partial charge in [-0.2, -0.15) is 0 Å². The van der Waals surface area contributed by atoms with Crippen molar-refractivity contribution in [2.45, 2.75) is 175 Å². The third-order valence-corrected chi connectivity index (χ3v) is 8.51. The first-order valence-electron chi connectivity index (χ1n) is 16.5. The first kappa shape index (κ1) is 39.0. The van der Waals surface area contributed by atoms with Gasteiger partial charge < -0.3 is 21.6 Å². The summed E-state index contributed by atoms with van der Waals surface area (Å²) in [7, 11) is 2.24. The molecule has 0 N–H and O–H groups in total. The van der Waals surface area contributed by atoms with Crippen LogP contribution in [0.5, 0.6) is 0 Å². The van der Waals surface area contributed by atoms with Crippen molar-refractivity contribution in [1.82, 2.24) is 0 Å². The van der Waals surface area contributed by atoms with E-state index in [0.717, 1.165) is 43.4 Å². The number of carbonyl (C=O) groups is 1. The lowest BCUT2D eigenvalue weighted by Crippen LogP contribution is -3.00. The van der Waals surface area contributed by atoms with Gasteiger partial charge in [0.2, 0.25) is 0 Å². The number of Topliss-reactive ketones (excluding diaryl/α,β-unsaturated/α-hetero) is 1. The highest BCUT2D eigenvalue weighted by Gasteiger charge is 2.35. The minimum atomic E-state index is 0. The van der Waals surface area contributed by atoms with Crippen LogP contribution in [-0.4, -0.2) is 49.7 Å². The molecule has 0 aromatic rings. The van der Waals surface area contributed by atoms with Gasteiger partial charge >= 0.3 is 0 Å². The molecule has 3 nitrogen and oxygen atoms in total. The molecule has 0 spiro atoms. The summed E-state index contributed by atoms with van der Waals surface area (Å²) in [4.78, 5) is 13.2. The highest BCUT2D eigenvalue weighted by Crippen LogP contribution is 2.17. The minimum Gasteiger partial charge on any atom is -1.00 e. The Morgan fingerprint density at radius 2 is 0.919 bits per heavy atom. The average molecular weight is 546 g/mol. The maximum Gasteiger partial charge on any atom is 0.192 e. The fourth-order valence-electron chi connectivity index (χ4n) is 5.30. The van der Waals surface area contributed by atoms with Crippen LogP contribution in [0, 0.1) is 0 Å². The van der Waals surface area contributed by atoms with E-state index in [4.69, 9.17) is 4.74 Å². The van der Waals surface area contributed by atoms with Crippen LogP contribution in [0.1, 0.15) is 169 Å². The third kappa shape index (κ3) is 22.4. The van der Waals surface area contributed by atoms with E-state index in [0.29, 0.717) is 12.4 Å². The first-order chi connectivity index (χ1) is 17.6. The van der Waals surface area contributed by atoms with Crippen LogP contribution in [0.25, 0.3) is 0 Å². The molecule has 0 aromatic carbocycles. The van der Waals surface area contributed by atoms with Crippen molar-refractivity contribution in [2.75, 3.05) is 33.4 Å². The van der Waals surface area contributed by atoms with Crippen molar-refractivity contribution in [3.05, 3.63) is 0 Å². The topological polar surface area (TPSA) is 26.3 Å². The monoisotopic (exact) mass is 545 g/mol. The van der Waals surface area contributed by atoms with Crippen LogP contribution in [-0.2, 0) is 9.53 Å². The second kappa shape index (κ2) is 28.9. The first-order valence-corrected chi connectivity index (χ1v) is 16.5. The van der Waals surface area contributed by atoms with Gasteiger partial charge in [0, 0.05) is 13.0 Å². The molecule has 4 heteroatoms. The summed E-state index contributed by atoms with van der Waals surface area (Å²) in [5, 5.41) is 0. The highest BCUT2D eigenvalue weighted by molar-refractivity contribution is 5.83. The number of hydrogen-bond acceptors (Lipinski definition) is 2. The maximum atomic E-state index is 13.2. The Morgan fingerprint density at radius 3 is 1.30 bits per heavy atom. The molecule has 0 aliphatic heterocycles. The molecule has 0 aliphatic rings. The van der Waals surface area contributed by atoms with Gasteiger partial charge in [0.1, 0.15) is 6.61 Å². The largest absolute Gasteiger partial charge is 1.00 e. The lowest BCUT2D eigenvalue weighted by molar-refractivity contribution is -0.921. The molecule has 1 atom stereocenters. The summed E-state index contributed by atoms with van der Waals surface area (Å²) in [5.41, 5.74) is 0. The van der Waals surface area contributed by atoms with Gasteiger partial charge in [0.15, 0.2) is 11.8 Å². The van der Waals surface area contributed by atoms with Crippen LogP contribution in [0.4, 0.5) is 0 Å². The molecule has 0 saturated carbocycles. The number of likely N-dealkylation sites (N-methyl/N-ethyl adjacent to an activating group) is 1. The van der Waals surface area contributed by atoms with Crippen LogP contribution >= 0.6 is 0 Å². The molecular weight excluding hydrogens is 478 g/mol. The summed E-state index contributed by atoms with van der Waals surface area (Å²) in [6.45, 7) is 12.4. The molecule has 0 aliphatic carbocycles. The lowest BCUT2D eigenvalue weighted by Gasteiger charge is -2.39. The Morgan fingerprint density at radius 1 is 0.568 bits per heavy atom. The summed E-state index contributed by atoms with van der Waals surface area (Å²) >= 11 is 0. The van der Waals surface area contributed by atoms with E-state index < -0.39 is 0 Å². The molecule has 224 valence electrons. The van der Waals surface area contributed by atoms with E-state index >= 15 is 0 Å². The molecule has 0 heterocycles. The standard InChI is InChI=1S/C33H68NO2.ClH/c1-6-10-12-14-16-18-19-20-22-24-26-28-30-36-31-32(34(5,8-3)9-4)33(35)29-27-25-23-21-17-15-13-11-7-2;/h32H,6-31H2,1-5H3;1H/q+1;/p-1. The number of ether oxygens (including phenoxy) is 1. The van der Waals surface area contributed by atoms with Crippen LogP contribution < -0.4 is 12.4 Å². The predicted octanol–water partition coefficient (Wildman–Crippen LogP) is 7.05. The number of hydrogen-bond donors (Lipinski definition) is 0. The minimum absolute atomic E-state index is 0. The van der Waals surface area contributed by atoms with Gasteiger partial charge in [-0.3, -0.25) is 4.79 Å². The Balaban J connectivity index is 0. The van der Waals surface area contributed by atoms with Gasteiger partial charge in [-0.05, 0) is 26.7 Å². The molecule has 0 radical (unpaired) electrons. The molecule has 0 aromatic heterocycles. The molecule has 0 rings (SSSR count). The van der Waals surface area contributed by atoms with Crippen LogP contribution in [0.15, 0.2) is 0 Å². The lowest BCUT2D eigenvalue weighted by atomic mass is 10.0. The second-order valence-corrected chi connectivity index (χ2v) is 11.6. The zero-order valence-electron chi connectivity index (χ0n) is 26.1. The van der Waals surface area contributed by atoms with E-state index in [1.54, 1.807) is 0 Å². The summed E-state index contributed by atoms with van der Waals surface area (Å²) in [6, 6.07) is 0.00590. The molecular formula is C33H68ClNO2. The zero-order valence-corrected chi connectivity index (χ0v) is 26.9. The van der Waals surface area contributed by atoms with Crippen molar-refractivity contribution in [3.63, 3.8) is 0 Å². The SMILES string of the molecule is CCCCCCCCCCCCCCOCC(C(=O)CCCCCCCCCCC)[N+](C)(CC)CC.[Cl-]. The van der Waals surface area contributed by atoms with Gasteiger partial charge in [-0.1, -0.05) is 136 Å². The average Bonchev–Trinajstić information content (AvgIpc) is 2.89. The fraction of sp³-hybridized carbons (Fsp3) is 0.970. The number of rotatable bonds is 29. The van der Waals surface area contributed by atoms with Gasteiger partial charge in [0.05, 0.1) is 20.1 Å². The van der Waals surface area contributed by atoms with Crippen molar-refractivity contribution in [2.24, 2.45) is 0 Å². The molecule has 0 bridgehead atoms. The third-order valence-electron chi connectivity index (χ3n) is 8.51. The summed E-state index contributed by atoms with van der Waals surface area (Å²) in [5.74, 6) is 0.429. The van der Waals surface area contributed by atoms with E-state index in [9.17, 15) is 4.79 Å². The summed E-state index contributed by atoms with van der Waals surface area (Å²) < 4.78 is 6.93. The molecule has 0 amide bonds. The van der Waals surface area contributed by atoms with Gasteiger partial charge in [0.25, 0.3) is 0 Å². The quantitative estimate of drug-likeness (QED) is 0.0743. The fourth-order valence-corrected chi connectivity index (χ4v) is 5.30. The Hall–Kier alpha value is -0.120. The van der Waals surface area contributed by atoms with Gasteiger partial charge in [-0.15, -0.1) is 0 Å². The summed E-state index contributed by atoms with van der Waals surface area (Å²) in [6.07, 6.45) is 28.8. The zero-order chi connectivity index (χ0) is 26.7. The van der Waals surface area contributed by atoms with Crippen molar-refractivity contribution in [3.8, 4) is 0 Å². The Labute approximate surface area is 240 Å². The maximum absolute atomic E-state index is 13.2. The van der Waals surface area contributed by atoms with Crippen molar-refractivity contribution in [1.29, 1.82) is 0 Å². The number of halogens is 1. The van der Waals surface area contributed by atoms with Crippen molar-refractivity contribution >= 4 is 5.78 Å². The van der Waals surface area contributed by atoms with E-state index in [2.05, 4.69) is 34.7 Å². The van der Waals surface area contributed by atoms with E-state index in [1.807, 2.05) is 0 Å². The molecule has 0 fully saturated rings. The predicted molar refractivity (Wildman–Crippen MR) is 160 cm³/mol. The molecule has 37 heavy (non-hydrogen) atoms. The van der Waals surface area contributed by atoms with Crippen LogP contribution in [0.2, 0.25) is 0 Å². The second-order valence-electron chi connectivity index (χ2n) is 11.6. The number of carbonyl (C=O) groups excluding carboxylic acids is 1. The van der Waals surface area contributed by atoms with Gasteiger partial charge in [-0.25, -0.2) is 0 Å². The number of nitrogens with zero attached hydrogens (tertiary/aromatic N) is 1. The normalized spacial score (nSPS) is 12.5. The van der Waals surface area contributed by atoms with E-state index in [1.165, 1.54) is 122 Å². The van der Waals surface area contributed by atoms with Crippen LogP contribution in [0.3, 0.4) is 0 Å². The number of unbranched alkanes of at least 4 members (excludes halogenated alkanes) is 19. The molecule has 0 saturated heterocycles. The number of quaternary nitrogens is 1.